The van der Waals surface area contributed by atoms with Gasteiger partial charge in [0, 0.05) is 100 Å². The summed E-state index contributed by atoms with van der Waals surface area (Å²) in [7, 11) is -5.60. The molecule has 0 saturated carbocycles. The lowest BCUT2D eigenvalue weighted by Crippen LogP contribution is -2.25. The Hall–Kier alpha value is -8.80. The highest BCUT2D eigenvalue weighted by molar-refractivity contribution is 7.97. The molecule has 0 aliphatic heterocycles. The SMILES string of the molecule is C.C.C.C.C=S(C)(=O)NCc1nc(C)c(C(C)C)c(C(C)(C)C)n1.CC(=O)c1nc(C)c(C(C)C)c(C(C)(C)C)n1.CCc1ccc2c(C(C)(C)C)nc(C)nc2c1.Cc1nc(C#N)nc(C(C)(C)C)c1C(C)C.Cc1nc(C(N)=O)nc(C(C)(C)C)c1C(C)C.Cc1nc(N)nc(C(C)(C)C)c1C(C)C.Cc1nc(NS(C)(=O)=O)nc(C(C)(C)C)c1C(C)C. The number of anilines is 2. The van der Waals surface area contributed by atoms with Crippen molar-refractivity contribution in [2.75, 3.05) is 23.0 Å². The van der Waals surface area contributed by atoms with E-state index in [1.54, 1.807) is 6.26 Å². The second-order valence-electron chi connectivity index (χ2n) is 40.7. The Balaban J connectivity index is -0.00000138. The third-order valence-corrected chi connectivity index (χ3v) is 20.4. The van der Waals surface area contributed by atoms with Gasteiger partial charge in [-0.2, -0.15) is 5.26 Å². The fourth-order valence-corrected chi connectivity index (χ4v) is 14.9. The van der Waals surface area contributed by atoms with Crippen molar-refractivity contribution in [1.29, 1.82) is 5.26 Å². The van der Waals surface area contributed by atoms with Gasteiger partial charge >= 0.3 is 0 Å². The van der Waals surface area contributed by atoms with Crippen LogP contribution in [0.2, 0.25) is 0 Å². The van der Waals surface area contributed by atoms with Gasteiger partial charge in [0.1, 0.15) is 17.7 Å². The molecular weight excluding hydrogens is 1600 g/mol. The van der Waals surface area contributed by atoms with Crippen molar-refractivity contribution in [2.45, 2.75) is 407 Å². The lowest BCUT2D eigenvalue weighted by Gasteiger charge is -2.25. The zero-order valence-electron chi connectivity index (χ0n) is 82.5. The van der Waals surface area contributed by atoms with E-state index in [1.165, 1.54) is 40.1 Å². The minimum atomic E-state index is -3.36. The van der Waals surface area contributed by atoms with E-state index in [1.807, 2.05) is 54.5 Å². The zero-order valence-corrected chi connectivity index (χ0v) is 84.2. The van der Waals surface area contributed by atoms with Gasteiger partial charge in [0.05, 0.1) is 58.2 Å². The second-order valence-corrected chi connectivity index (χ2v) is 44.8. The molecule has 1 atom stereocenters. The number of primary amides is 1. The van der Waals surface area contributed by atoms with Crippen molar-refractivity contribution in [2.24, 2.45) is 5.73 Å². The Bertz CT molecular complexity index is 5120. The third-order valence-electron chi connectivity index (χ3n) is 19.0. The average molecular weight is 1770 g/mol. The summed E-state index contributed by atoms with van der Waals surface area (Å²) in [6.45, 7) is 87.9. The number of nitrogens with zero attached hydrogens (tertiary/aromatic N) is 15. The molecule has 0 bridgehead atoms. The van der Waals surface area contributed by atoms with Gasteiger partial charge in [-0.05, 0) is 141 Å². The van der Waals surface area contributed by atoms with Crippen LogP contribution in [-0.2, 0) is 70.6 Å². The molecule has 7 heterocycles. The zero-order chi connectivity index (χ0) is 94.4. The van der Waals surface area contributed by atoms with E-state index >= 15 is 0 Å². The second kappa shape index (κ2) is 47.3. The summed E-state index contributed by atoms with van der Waals surface area (Å²) in [5.74, 6) is 7.88. The number of aryl methyl sites for hydroxylation is 8. The fourth-order valence-electron chi connectivity index (χ4n) is 14.1. The molecule has 1 unspecified atom stereocenters. The van der Waals surface area contributed by atoms with Crippen LogP contribution in [0.15, 0.2) is 18.2 Å². The van der Waals surface area contributed by atoms with E-state index < -0.39 is 25.6 Å². The van der Waals surface area contributed by atoms with Crippen molar-refractivity contribution in [3.05, 3.63) is 160 Å². The number of benzene rings is 1. The molecular formula is C99H169N19O5S2. The lowest BCUT2D eigenvalue weighted by atomic mass is 9.84. The van der Waals surface area contributed by atoms with Crippen molar-refractivity contribution in [1.82, 2.24) is 74.5 Å². The first-order chi connectivity index (χ1) is 54.5. The van der Waals surface area contributed by atoms with Gasteiger partial charge in [0.15, 0.2) is 11.6 Å². The van der Waals surface area contributed by atoms with Gasteiger partial charge in [-0.15, -0.1) is 0 Å². The molecule has 6 N–H and O–H groups in total. The summed E-state index contributed by atoms with van der Waals surface area (Å²) in [5, 5.41) is 10.1. The first-order valence-corrected chi connectivity index (χ1v) is 46.2. The van der Waals surface area contributed by atoms with Gasteiger partial charge in [0.25, 0.3) is 5.91 Å². The molecule has 702 valence electrons. The van der Waals surface area contributed by atoms with Crippen LogP contribution < -0.4 is 20.9 Å². The number of fused-ring (bicyclic) bond motifs is 1. The monoisotopic (exact) mass is 1770 g/mol. The average Bonchev–Trinajstić information content (AvgIpc) is 0.802. The molecule has 0 fully saturated rings. The van der Waals surface area contributed by atoms with Crippen LogP contribution in [0.4, 0.5) is 11.9 Å². The highest BCUT2D eigenvalue weighted by Gasteiger charge is 2.32. The molecule has 1 amide bonds. The number of nitrogens with one attached hydrogen (secondary N) is 2. The summed E-state index contributed by atoms with van der Waals surface area (Å²) in [6, 6.07) is 8.54. The van der Waals surface area contributed by atoms with Crippen LogP contribution in [0.5, 0.6) is 0 Å². The number of rotatable bonds is 14. The van der Waals surface area contributed by atoms with Crippen molar-refractivity contribution in [3.8, 4) is 6.07 Å². The van der Waals surface area contributed by atoms with E-state index in [4.69, 9.17) is 21.7 Å². The van der Waals surface area contributed by atoms with Crippen LogP contribution in [0, 0.1) is 59.8 Å². The van der Waals surface area contributed by atoms with E-state index in [9.17, 15) is 22.2 Å². The van der Waals surface area contributed by atoms with Crippen LogP contribution >= 0.6 is 0 Å². The first kappa shape index (κ1) is 120. The fraction of sp³-hybridized carbons (Fsp3) is 0.636. The molecule has 0 radical (unpaired) electrons. The normalized spacial score (nSPS) is 12.3. The minimum Gasteiger partial charge on any atom is -0.368 e. The molecule has 8 rings (SSSR count). The Morgan fingerprint density at radius 2 is 0.752 bits per heavy atom. The molecule has 26 heteroatoms. The van der Waals surface area contributed by atoms with E-state index in [-0.39, 0.29) is 91.0 Å². The van der Waals surface area contributed by atoms with Gasteiger partial charge in [-0.1, -0.05) is 277 Å². The van der Waals surface area contributed by atoms with Crippen LogP contribution in [0.1, 0.15) is 459 Å². The van der Waals surface area contributed by atoms with E-state index in [2.05, 4.69) is 334 Å². The maximum absolute atomic E-state index is 11.6. The standard InChI is InChI=1S/C15H27N3OS.C15H20N2.C14H22N2O.C13H23N3O2S.C13H21N3O.C13H19N3.C12H21N3.4CH4/c1-10(2)13-11(3)17-12(9-16-20(7,8)19)18-14(13)15(4,5)6;1-6-11-7-8-12-13(9-11)16-10(2)17-14(12)15(3,4)5;1-8(2)11-9(3)15-13(10(4)17)16-12(11)14(5,6)7;1-8(2)10-9(3)14-12(16-19(7,17)18)15-11(10)13(4,5)6;1-7(2)9-8(3)15-12(11(14)17)16-10(9)13(4,5)6;1-8(2)11-9(3)15-10(7-14)16-12(11)13(4,5)6;1-7(2)9-8(3)14-11(13)15-10(9)12(4,5)6;;;;/h10H,7,9H2,1-6,8H3,(H,16,19);7-9H,6H2,1-5H3;8H,1-7H3;8H,1-7H3,(H,14,15,16);7H,1-6H3,(H2,14,17);8H,1-6H3;7H,1-6H3,(H2,13,14,15);4*1H4. The number of hydrogen-bond acceptors (Lipinski definition) is 21. The van der Waals surface area contributed by atoms with Crippen LogP contribution in [0.25, 0.3) is 10.9 Å². The predicted octanol–water partition coefficient (Wildman–Crippen LogP) is 23.1. The largest absolute Gasteiger partial charge is 0.368 e. The number of nitrogen functional groups attached to an aromatic ring is 1. The highest BCUT2D eigenvalue weighted by Crippen LogP contribution is 2.38. The number of carbonyl (C=O) groups excluding carboxylic acids is 2. The predicted molar refractivity (Wildman–Crippen MR) is 531 cm³/mol. The molecule has 7 aromatic heterocycles. The molecule has 8 aromatic rings. The Labute approximate surface area is 759 Å². The summed E-state index contributed by atoms with van der Waals surface area (Å²) in [5.41, 5.74) is 32.5. The summed E-state index contributed by atoms with van der Waals surface area (Å²) >= 11 is 0. The number of nitrogens with two attached hydrogens (primary N) is 2. The number of carbonyl (C=O) groups is 2. The first-order valence-electron chi connectivity index (χ1n) is 42.1. The maximum Gasteiger partial charge on any atom is 0.286 e. The molecule has 0 aliphatic carbocycles. The number of hydrogen-bond donors (Lipinski definition) is 4. The number of Topliss-reactive ketones (excluding diaryl/α,β-unsaturated/α-hetero) is 1. The van der Waals surface area contributed by atoms with Crippen LogP contribution in [-0.4, -0.2) is 112 Å². The minimum absolute atomic E-state index is 0. The van der Waals surface area contributed by atoms with E-state index in [0.29, 0.717) is 59.6 Å². The summed E-state index contributed by atoms with van der Waals surface area (Å²) < 4.78 is 39.5. The molecule has 1 aromatic carbocycles. The van der Waals surface area contributed by atoms with Gasteiger partial charge in [-0.25, -0.2) is 82.9 Å². The van der Waals surface area contributed by atoms with Crippen molar-refractivity contribution >= 4 is 60.1 Å². The summed E-state index contributed by atoms with van der Waals surface area (Å²) in [6.07, 6.45) is 3.72. The molecule has 0 aliphatic rings. The number of aromatic nitrogens is 14. The van der Waals surface area contributed by atoms with Gasteiger partial charge in [0.2, 0.25) is 33.6 Å². The quantitative estimate of drug-likeness (QED) is 0.0580. The number of amides is 1. The smallest absolute Gasteiger partial charge is 0.286 e. The van der Waals surface area contributed by atoms with Crippen LogP contribution in [0.3, 0.4) is 0 Å². The van der Waals surface area contributed by atoms with Crippen molar-refractivity contribution < 1.29 is 22.2 Å². The summed E-state index contributed by atoms with van der Waals surface area (Å²) in [4.78, 5) is 84.2. The Morgan fingerprint density at radius 1 is 0.432 bits per heavy atom. The number of sulfonamides is 1. The molecule has 125 heavy (non-hydrogen) atoms. The van der Waals surface area contributed by atoms with Crippen molar-refractivity contribution in [3.63, 3.8) is 0 Å². The number of ketones is 1. The molecule has 0 saturated heterocycles. The topological polar surface area (TPSA) is 366 Å². The van der Waals surface area contributed by atoms with E-state index in [0.717, 1.165) is 109 Å². The molecule has 0 spiro atoms. The Kier molecular flexibility index (Phi) is 45.5. The third kappa shape index (κ3) is 36.5. The lowest BCUT2D eigenvalue weighted by molar-refractivity contribution is 0.0985. The van der Waals surface area contributed by atoms with Gasteiger partial charge in [-0.3, -0.25) is 18.5 Å². The highest BCUT2D eigenvalue weighted by atomic mass is 32.2. The Morgan fingerprint density at radius 3 is 1.09 bits per heavy atom. The van der Waals surface area contributed by atoms with Gasteiger partial charge < -0.3 is 11.5 Å². The number of nitriles is 1. The maximum atomic E-state index is 11.6. The molecule has 24 nitrogen and oxygen atoms in total.